The van der Waals surface area contributed by atoms with Crippen LogP contribution < -0.4 is 10.9 Å². The van der Waals surface area contributed by atoms with E-state index in [1.54, 1.807) is 30.3 Å². The van der Waals surface area contributed by atoms with Crippen molar-refractivity contribution >= 4 is 22.4 Å². The lowest BCUT2D eigenvalue weighted by Crippen LogP contribution is -2.16. The Labute approximate surface area is 154 Å². The second kappa shape index (κ2) is 6.80. The third-order valence-corrected chi connectivity index (χ3v) is 4.21. The topological polar surface area (TPSA) is 79.5 Å². The van der Waals surface area contributed by atoms with Crippen molar-refractivity contribution in [3.05, 3.63) is 95.0 Å². The Kier molecular flexibility index (Phi) is 4.18. The highest BCUT2D eigenvalue weighted by atomic mass is 16.4. The van der Waals surface area contributed by atoms with Gasteiger partial charge in [0.1, 0.15) is 5.75 Å². The largest absolute Gasteiger partial charge is 0.508 e. The minimum Gasteiger partial charge on any atom is -0.508 e. The Balaban J connectivity index is 1.92. The predicted molar refractivity (Wildman–Crippen MR) is 104 cm³/mol. The molecule has 1 heterocycles. The number of phenolic OH excluding ortho intramolecular Hbond substituents is 1. The molecule has 5 heteroatoms. The molecule has 0 bridgehead atoms. The van der Waals surface area contributed by atoms with Crippen molar-refractivity contribution in [1.82, 2.24) is 0 Å². The average molecular weight is 357 g/mol. The standard InChI is InChI=1S/C22H15NO4/c24-16-10-6-9-15(13-16)23-21(25)20-19(14-7-2-1-3-8-14)17-11-4-5-12-18(17)22(26)27-20/h1-13,24H,(H,23,25). The van der Waals surface area contributed by atoms with Crippen LogP contribution in [0.1, 0.15) is 10.6 Å². The number of amides is 1. The number of hydrogen-bond acceptors (Lipinski definition) is 4. The molecule has 0 spiro atoms. The van der Waals surface area contributed by atoms with Gasteiger partial charge in [0.15, 0.2) is 0 Å². The summed E-state index contributed by atoms with van der Waals surface area (Å²) in [6.07, 6.45) is 0. The van der Waals surface area contributed by atoms with Gasteiger partial charge in [-0.25, -0.2) is 4.79 Å². The number of phenols is 1. The van der Waals surface area contributed by atoms with Crippen LogP contribution in [-0.2, 0) is 0 Å². The summed E-state index contributed by atoms with van der Waals surface area (Å²) in [7, 11) is 0. The molecule has 1 amide bonds. The van der Waals surface area contributed by atoms with Gasteiger partial charge in [0, 0.05) is 22.7 Å². The van der Waals surface area contributed by atoms with Crippen LogP contribution in [-0.4, -0.2) is 11.0 Å². The highest BCUT2D eigenvalue weighted by molar-refractivity contribution is 6.11. The van der Waals surface area contributed by atoms with Gasteiger partial charge in [-0.3, -0.25) is 4.79 Å². The van der Waals surface area contributed by atoms with Crippen LogP contribution in [0, 0.1) is 0 Å². The molecule has 0 atom stereocenters. The maximum atomic E-state index is 12.9. The first-order chi connectivity index (χ1) is 13.1. The lowest BCUT2D eigenvalue weighted by atomic mass is 9.98. The number of anilines is 1. The predicted octanol–water partition coefficient (Wildman–Crippen LogP) is 4.42. The number of benzene rings is 3. The first-order valence-electron chi connectivity index (χ1n) is 8.35. The molecule has 0 aliphatic heterocycles. The van der Waals surface area contributed by atoms with Gasteiger partial charge in [0.05, 0.1) is 5.39 Å². The highest BCUT2D eigenvalue weighted by Crippen LogP contribution is 2.31. The van der Waals surface area contributed by atoms with Crippen molar-refractivity contribution in [1.29, 1.82) is 0 Å². The number of fused-ring (bicyclic) bond motifs is 1. The lowest BCUT2D eigenvalue weighted by molar-refractivity contribution is 0.0994. The minimum absolute atomic E-state index is 0.0241. The Morgan fingerprint density at radius 1 is 0.852 bits per heavy atom. The van der Waals surface area contributed by atoms with E-state index in [0.717, 1.165) is 5.56 Å². The molecule has 1 aromatic heterocycles. The van der Waals surface area contributed by atoms with E-state index in [4.69, 9.17) is 4.42 Å². The molecule has 3 aromatic carbocycles. The molecule has 0 saturated heterocycles. The van der Waals surface area contributed by atoms with Crippen molar-refractivity contribution in [3.63, 3.8) is 0 Å². The second-order valence-electron chi connectivity index (χ2n) is 6.01. The molecule has 0 fully saturated rings. The first kappa shape index (κ1) is 16.6. The zero-order valence-corrected chi connectivity index (χ0v) is 14.2. The molecule has 5 nitrogen and oxygen atoms in total. The van der Waals surface area contributed by atoms with Crippen LogP contribution in [0.5, 0.6) is 5.75 Å². The van der Waals surface area contributed by atoms with Gasteiger partial charge < -0.3 is 14.8 Å². The van der Waals surface area contributed by atoms with Crippen LogP contribution in [0.25, 0.3) is 21.9 Å². The van der Waals surface area contributed by atoms with E-state index >= 15 is 0 Å². The normalized spacial score (nSPS) is 10.7. The molecule has 0 saturated carbocycles. The Morgan fingerprint density at radius 3 is 2.30 bits per heavy atom. The van der Waals surface area contributed by atoms with Gasteiger partial charge in [-0.2, -0.15) is 0 Å². The van der Waals surface area contributed by atoms with Crippen LogP contribution in [0.15, 0.2) is 88.1 Å². The van der Waals surface area contributed by atoms with Crippen molar-refractivity contribution in [2.45, 2.75) is 0 Å². The summed E-state index contributed by atoms with van der Waals surface area (Å²) in [5, 5.41) is 13.3. The molecule has 4 rings (SSSR count). The van der Waals surface area contributed by atoms with E-state index in [9.17, 15) is 14.7 Å². The quantitative estimate of drug-likeness (QED) is 0.569. The van der Waals surface area contributed by atoms with Gasteiger partial charge in [-0.1, -0.05) is 54.6 Å². The number of nitrogens with one attached hydrogen (secondary N) is 1. The van der Waals surface area contributed by atoms with Crippen molar-refractivity contribution in [2.24, 2.45) is 0 Å². The van der Waals surface area contributed by atoms with E-state index in [1.807, 2.05) is 36.4 Å². The molecule has 2 N–H and O–H groups in total. The molecular formula is C22H15NO4. The monoisotopic (exact) mass is 357 g/mol. The van der Waals surface area contributed by atoms with Gasteiger partial charge in [0.25, 0.3) is 5.91 Å². The molecule has 4 aromatic rings. The van der Waals surface area contributed by atoms with Crippen LogP contribution in [0.3, 0.4) is 0 Å². The fourth-order valence-electron chi connectivity index (χ4n) is 3.02. The third-order valence-electron chi connectivity index (χ3n) is 4.21. The van der Waals surface area contributed by atoms with Crippen molar-refractivity contribution in [3.8, 4) is 16.9 Å². The lowest BCUT2D eigenvalue weighted by Gasteiger charge is -2.12. The molecule has 0 unspecified atom stereocenters. The van der Waals surface area contributed by atoms with Crippen molar-refractivity contribution < 1.29 is 14.3 Å². The minimum atomic E-state index is -0.577. The summed E-state index contributed by atoms with van der Waals surface area (Å²) >= 11 is 0. The molecule has 132 valence electrons. The van der Waals surface area contributed by atoms with Crippen LogP contribution >= 0.6 is 0 Å². The zero-order chi connectivity index (χ0) is 18.8. The van der Waals surface area contributed by atoms with E-state index < -0.39 is 11.5 Å². The molecule has 0 aliphatic rings. The second-order valence-corrected chi connectivity index (χ2v) is 6.01. The Bertz CT molecular complexity index is 1200. The Hall–Kier alpha value is -3.86. The summed E-state index contributed by atoms with van der Waals surface area (Å²) in [5.41, 5.74) is 1.13. The molecule has 27 heavy (non-hydrogen) atoms. The number of carbonyl (C=O) groups excluding carboxylic acids is 1. The fourth-order valence-corrected chi connectivity index (χ4v) is 3.02. The SMILES string of the molecule is O=C(Nc1cccc(O)c1)c1oc(=O)c2ccccc2c1-c1ccccc1. The van der Waals surface area contributed by atoms with Crippen LogP contribution in [0.4, 0.5) is 5.69 Å². The average Bonchev–Trinajstić information content (AvgIpc) is 2.68. The van der Waals surface area contributed by atoms with Gasteiger partial charge >= 0.3 is 5.63 Å². The summed E-state index contributed by atoms with van der Waals surface area (Å²) in [5.74, 6) is -0.619. The zero-order valence-electron chi connectivity index (χ0n) is 14.2. The van der Waals surface area contributed by atoms with Crippen molar-refractivity contribution in [2.75, 3.05) is 5.32 Å². The summed E-state index contributed by atoms with van der Waals surface area (Å²) in [6, 6.07) is 22.5. The number of rotatable bonds is 3. The van der Waals surface area contributed by atoms with E-state index in [0.29, 0.717) is 22.0 Å². The number of hydrogen-bond donors (Lipinski definition) is 2. The number of carbonyl (C=O) groups is 1. The van der Waals surface area contributed by atoms with E-state index in [-0.39, 0.29) is 11.5 Å². The van der Waals surface area contributed by atoms with Crippen LogP contribution in [0.2, 0.25) is 0 Å². The van der Waals surface area contributed by atoms with E-state index in [2.05, 4.69) is 5.32 Å². The number of aromatic hydroxyl groups is 1. The molecule has 0 aliphatic carbocycles. The van der Waals surface area contributed by atoms with Gasteiger partial charge in [-0.05, 0) is 23.8 Å². The highest BCUT2D eigenvalue weighted by Gasteiger charge is 2.21. The maximum Gasteiger partial charge on any atom is 0.344 e. The molecule has 0 radical (unpaired) electrons. The summed E-state index contributed by atoms with van der Waals surface area (Å²) in [6.45, 7) is 0. The molecular weight excluding hydrogens is 342 g/mol. The van der Waals surface area contributed by atoms with Gasteiger partial charge in [-0.15, -0.1) is 0 Å². The smallest absolute Gasteiger partial charge is 0.344 e. The first-order valence-corrected chi connectivity index (χ1v) is 8.35. The third kappa shape index (κ3) is 3.18. The Morgan fingerprint density at radius 2 is 1.56 bits per heavy atom. The summed E-state index contributed by atoms with van der Waals surface area (Å²) in [4.78, 5) is 25.3. The maximum absolute atomic E-state index is 12.9. The fraction of sp³-hybridized carbons (Fsp3) is 0. The summed E-state index contributed by atoms with van der Waals surface area (Å²) < 4.78 is 5.41. The van der Waals surface area contributed by atoms with Gasteiger partial charge in [0.2, 0.25) is 5.76 Å². The van der Waals surface area contributed by atoms with E-state index in [1.165, 1.54) is 12.1 Å².